The summed E-state index contributed by atoms with van der Waals surface area (Å²) < 4.78 is 5.31. The summed E-state index contributed by atoms with van der Waals surface area (Å²) in [5, 5.41) is 6.65. The lowest BCUT2D eigenvalue weighted by Gasteiger charge is -2.28. The van der Waals surface area contributed by atoms with Crippen LogP contribution in [0.25, 0.3) is 0 Å². The summed E-state index contributed by atoms with van der Waals surface area (Å²) in [6.07, 6.45) is 0.471. The van der Waals surface area contributed by atoms with Crippen LogP contribution in [0.5, 0.6) is 5.75 Å². The van der Waals surface area contributed by atoms with Gasteiger partial charge in [0.1, 0.15) is 16.1 Å². The topological polar surface area (TPSA) is 58.0 Å². The number of hydrogen-bond donors (Lipinski definition) is 0. The van der Waals surface area contributed by atoms with Crippen molar-refractivity contribution in [3.05, 3.63) is 57.3 Å². The number of ether oxygens (including phenoxy) is 1. The first-order chi connectivity index (χ1) is 12.4. The van der Waals surface area contributed by atoms with Gasteiger partial charge in [-0.2, -0.15) is 5.10 Å². The summed E-state index contributed by atoms with van der Waals surface area (Å²) >= 11 is 12.0. The molecular weight excluding hydrogens is 375 g/mol. The Kier molecular flexibility index (Phi) is 5.34. The van der Waals surface area contributed by atoms with Crippen molar-refractivity contribution >= 4 is 34.9 Å². The van der Waals surface area contributed by atoms with E-state index in [1.807, 2.05) is 18.2 Å². The maximum Gasteiger partial charge on any atom is 0.340 e. The van der Waals surface area contributed by atoms with Gasteiger partial charge in [0.05, 0.1) is 19.4 Å². The van der Waals surface area contributed by atoms with Crippen LogP contribution in [0.4, 0.5) is 4.79 Å². The number of halogens is 2. The molecule has 1 aromatic heterocycles. The molecule has 136 valence electrons. The highest BCUT2D eigenvalue weighted by Gasteiger charge is 2.25. The molecule has 8 heteroatoms. The zero-order valence-electron chi connectivity index (χ0n) is 14.7. The fourth-order valence-electron chi connectivity index (χ4n) is 2.79. The Morgan fingerprint density at radius 1 is 1.23 bits per heavy atom. The quantitative estimate of drug-likeness (QED) is 0.745. The number of pyridine rings is 1. The third kappa shape index (κ3) is 3.92. The molecule has 1 aliphatic rings. The fraction of sp³-hybridized carbons (Fsp3) is 0.278. The molecule has 0 spiro atoms. The largest absolute Gasteiger partial charge is 0.497 e. The van der Waals surface area contributed by atoms with Gasteiger partial charge in [-0.25, -0.2) is 14.8 Å². The molecular formula is C18H18Cl2N4O2. The Morgan fingerprint density at radius 2 is 1.92 bits per heavy atom. The number of nitrogens with zero attached hydrogens (tertiary/aromatic N) is 4. The molecule has 26 heavy (non-hydrogen) atoms. The number of amides is 2. The molecule has 1 aliphatic heterocycles. The second-order valence-corrected chi connectivity index (χ2v) is 6.88. The second-order valence-electron chi connectivity index (χ2n) is 6.10. The highest BCUT2D eigenvalue weighted by atomic mass is 35.5. The first-order valence-electron chi connectivity index (χ1n) is 7.93. The summed E-state index contributed by atoms with van der Waals surface area (Å²) in [5.74, 6) is 0.734. The molecule has 0 fully saturated rings. The molecule has 1 aromatic carbocycles. The molecule has 0 saturated carbocycles. The molecule has 0 aliphatic carbocycles. The second kappa shape index (κ2) is 7.51. The van der Waals surface area contributed by atoms with E-state index in [2.05, 4.69) is 10.1 Å². The van der Waals surface area contributed by atoms with Gasteiger partial charge in [-0.05, 0) is 41.5 Å². The maximum atomic E-state index is 12.4. The number of methoxy groups -OCH3 is 1. The van der Waals surface area contributed by atoms with E-state index >= 15 is 0 Å². The van der Waals surface area contributed by atoms with E-state index in [9.17, 15) is 4.79 Å². The first-order valence-corrected chi connectivity index (χ1v) is 8.68. The average Bonchev–Trinajstić information content (AvgIpc) is 2.59. The van der Waals surface area contributed by atoms with Gasteiger partial charge in [-0.15, -0.1) is 0 Å². The van der Waals surface area contributed by atoms with Gasteiger partial charge >= 0.3 is 6.03 Å². The zero-order chi connectivity index (χ0) is 18.8. The van der Waals surface area contributed by atoms with E-state index in [4.69, 9.17) is 27.9 Å². The number of rotatable bonds is 3. The molecule has 0 bridgehead atoms. The lowest BCUT2D eigenvalue weighted by atomic mass is 9.96. The number of hydrogen-bond acceptors (Lipinski definition) is 4. The van der Waals surface area contributed by atoms with E-state index in [-0.39, 0.29) is 6.03 Å². The van der Waals surface area contributed by atoms with Crippen molar-refractivity contribution in [1.29, 1.82) is 0 Å². The van der Waals surface area contributed by atoms with E-state index in [1.165, 1.54) is 9.91 Å². The Bertz CT molecular complexity index is 863. The van der Waals surface area contributed by atoms with Crippen LogP contribution in [-0.4, -0.2) is 47.8 Å². The summed E-state index contributed by atoms with van der Waals surface area (Å²) in [6.45, 7) is 0.380. The Hall–Kier alpha value is -2.31. The highest BCUT2D eigenvalue weighted by molar-refractivity contribution is 6.32. The third-order valence-corrected chi connectivity index (χ3v) is 4.37. The number of urea groups is 1. The van der Waals surface area contributed by atoms with Crippen molar-refractivity contribution in [1.82, 2.24) is 14.9 Å². The van der Waals surface area contributed by atoms with Gasteiger partial charge in [-0.3, -0.25) is 0 Å². The number of fused-ring (bicyclic) bond motifs is 1. The van der Waals surface area contributed by atoms with Gasteiger partial charge < -0.3 is 9.64 Å². The van der Waals surface area contributed by atoms with Crippen molar-refractivity contribution in [3.8, 4) is 5.75 Å². The minimum atomic E-state index is -0.193. The normalized spacial score (nSPS) is 13.1. The molecule has 0 radical (unpaired) electrons. The minimum absolute atomic E-state index is 0.193. The molecule has 0 atom stereocenters. The summed E-state index contributed by atoms with van der Waals surface area (Å²) in [5.41, 5.74) is 3.56. The van der Waals surface area contributed by atoms with Crippen LogP contribution in [0, 0.1) is 0 Å². The fourth-order valence-corrected chi connectivity index (χ4v) is 3.29. The van der Waals surface area contributed by atoms with Crippen molar-refractivity contribution in [3.63, 3.8) is 0 Å². The lowest BCUT2D eigenvalue weighted by Crippen LogP contribution is -2.38. The molecule has 3 rings (SSSR count). The number of aromatic nitrogens is 1. The first kappa shape index (κ1) is 18.5. The van der Waals surface area contributed by atoms with Crippen molar-refractivity contribution < 1.29 is 9.53 Å². The molecule has 2 heterocycles. The van der Waals surface area contributed by atoms with Gasteiger partial charge in [0.2, 0.25) is 0 Å². The van der Waals surface area contributed by atoms with E-state index in [0.717, 1.165) is 28.2 Å². The maximum absolute atomic E-state index is 12.4. The van der Waals surface area contributed by atoms with Crippen LogP contribution >= 0.6 is 23.2 Å². The van der Waals surface area contributed by atoms with Crippen LogP contribution in [0.1, 0.15) is 16.7 Å². The molecule has 0 saturated heterocycles. The summed E-state index contributed by atoms with van der Waals surface area (Å²) in [7, 11) is 5.01. The molecule has 2 amide bonds. The summed E-state index contributed by atoms with van der Waals surface area (Å²) in [4.78, 5) is 17.9. The van der Waals surface area contributed by atoms with Crippen LogP contribution < -0.4 is 4.74 Å². The van der Waals surface area contributed by atoms with Crippen molar-refractivity contribution in [2.45, 2.75) is 13.0 Å². The highest BCUT2D eigenvalue weighted by Crippen LogP contribution is 2.26. The predicted molar refractivity (Wildman–Crippen MR) is 102 cm³/mol. The Labute approximate surface area is 162 Å². The number of hydrazone groups is 1. The van der Waals surface area contributed by atoms with Gasteiger partial charge in [0.25, 0.3) is 0 Å². The zero-order valence-corrected chi connectivity index (χ0v) is 16.2. The van der Waals surface area contributed by atoms with Crippen molar-refractivity contribution in [2.24, 2.45) is 5.10 Å². The molecule has 2 aromatic rings. The standard InChI is InChI=1S/C18H18Cl2N4O2/c1-23(2)18(25)24-10-12-9-13(26-3)4-5-14(12)15(22-24)6-11-7-16(19)21-17(20)8-11/h4-5,7-9H,6,10H2,1-3H3. The minimum Gasteiger partial charge on any atom is -0.497 e. The lowest BCUT2D eigenvalue weighted by molar-refractivity contribution is 0.169. The molecule has 6 nitrogen and oxygen atoms in total. The summed E-state index contributed by atoms with van der Waals surface area (Å²) in [6, 6.07) is 9.05. The van der Waals surface area contributed by atoms with E-state index in [1.54, 1.807) is 33.3 Å². The van der Waals surface area contributed by atoms with Gasteiger partial charge in [0, 0.05) is 26.1 Å². The molecule has 0 unspecified atom stereocenters. The van der Waals surface area contributed by atoms with E-state index in [0.29, 0.717) is 23.3 Å². The Balaban J connectivity index is 2.02. The van der Waals surface area contributed by atoms with Crippen LogP contribution in [0.2, 0.25) is 10.3 Å². The van der Waals surface area contributed by atoms with Gasteiger partial charge in [-0.1, -0.05) is 23.2 Å². The number of carbonyl (C=O) groups excluding carboxylic acids is 1. The molecule has 0 N–H and O–H groups in total. The average molecular weight is 393 g/mol. The smallest absolute Gasteiger partial charge is 0.340 e. The van der Waals surface area contributed by atoms with Gasteiger partial charge in [0.15, 0.2) is 0 Å². The monoisotopic (exact) mass is 392 g/mol. The van der Waals surface area contributed by atoms with E-state index < -0.39 is 0 Å². The number of carbonyl (C=O) groups is 1. The van der Waals surface area contributed by atoms with Crippen LogP contribution in [0.15, 0.2) is 35.4 Å². The predicted octanol–water partition coefficient (Wildman–Crippen LogP) is 3.84. The third-order valence-electron chi connectivity index (χ3n) is 3.98. The number of benzene rings is 1. The van der Waals surface area contributed by atoms with Crippen LogP contribution in [-0.2, 0) is 13.0 Å². The Morgan fingerprint density at radius 3 is 2.54 bits per heavy atom. The SMILES string of the molecule is COc1ccc2c(c1)CN(C(=O)N(C)C)N=C2Cc1cc(Cl)nc(Cl)c1. The van der Waals surface area contributed by atoms with Crippen molar-refractivity contribution in [2.75, 3.05) is 21.2 Å². The van der Waals surface area contributed by atoms with Crippen LogP contribution in [0.3, 0.4) is 0 Å².